The molecule has 1 aliphatic rings. The van der Waals surface area contributed by atoms with Gasteiger partial charge in [0, 0.05) is 29.4 Å². The van der Waals surface area contributed by atoms with Crippen molar-refractivity contribution in [2.75, 3.05) is 23.9 Å². The molecular formula is C23H21FN4O3. The van der Waals surface area contributed by atoms with Crippen molar-refractivity contribution in [3.05, 3.63) is 66.6 Å². The maximum atomic E-state index is 12.8. The summed E-state index contributed by atoms with van der Waals surface area (Å²) in [4.78, 5) is 33.0. The van der Waals surface area contributed by atoms with E-state index in [9.17, 15) is 14.0 Å². The number of halogens is 1. The zero-order valence-corrected chi connectivity index (χ0v) is 16.7. The van der Waals surface area contributed by atoms with Crippen molar-refractivity contribution >= 4 is 23.3 Å². The van der Waals surface area contributed by atoms with E-state index in [4.69, 9.17) is 4.74 Å². The minimum Gasteiger partial charge on any atom is -0.491 e. The van der Waals surface area contributed by atoms with Crippen molar-refractivity contribution < 1.29 is 18.7 Å². The van der Waals surface area contributed by atoms with E-state index in [-0.39, 0.29) is 24.3 Å². The second kappa shape index (κ2) is 9.34. The Balaban J connectivity index is 1.49. The number of nitrogens with one attached hydrogen (secondary N) is 2. The fourth-order valence-corrected chi connectivity index (χ4v) is 3.04. The Hall–Kier alpha value is -3.81. The molecule has 1 aromatic carbocycles. The molecule has 1 saturated carbocycles. The minimum atomic E-state index is -0.552. The van der Waals surface area contributed by atoms with E-state index in [0.717, 1.165) is 24.0 Å². The highest BCUT2D eigenvalue weighted by molar-refractivity contribution is 6.07. The summed E-state index contributed by atoms with van der Waals surface area (Å²) in [5.74, 6) is 0.546. The summed E-state index contributed by atoms with van der Waals surface area (Å²) in [6, 6.07) is 12.1. The van der Waals surface area contributed by atoms with Gasteiger partial charge in [-0.15, -0.1) is 0 Å². The molecule has 0 saturated heterocycles. The number of rotatable bonds is 8. The number of benzene rings is 1. The van der Waals surface area contributed by atoms with E-state index >= 15 is 0 Å². The Morgan fingerprint density at radius 1 is 1.06 bits per heavy atom. The number of alkyl halides is 1. The topological polar surface area (TPSA) is 93.2 Å². The number of pyridine rings is 2. The fourth-order valence-electron chi connectivity index (χ4n) is 3.04. The van der Waals surface area contributed by atoms with E-state index in [1.165, 1.54) is 6.20 Å². The van der Waals surface area contributed by atoms with E-state index in [1.54, 1.807) is 42.7 Å². The van der Waals surface area contributed by atoms with Crippen molar-refractivity contribution in [1.29, 1.82) is 0 Å². The number of anilines is 2. The standard InChI is InChI=1S/C23H21FN4O3/c24-9-12-31-18-5-3-15(4-6-18)19-8-10-25-14-20(19)27-23(30)17-7-11-26-21(13-17)28-22(29)16-1-2-16/h3-8,10-11,13-14,16H,1-2,9,12H2,(H,27,30)(H,26,28,29)/i24-1. The summed E-state index contributed by atoms with van der Waals surface area (Å²) in [6.45, 7) is -0.547. The van der Waals surface area contributed by atoms with Gasteiger partial charge in [0.15, 0.2) is 0 Å². The molecule has 1 aliphatic carbocycles. The first-order chi connectivity index (χ1) is 15.1. The highest BCUT2D eigenvalue weighted by Gasteiger charge is 2.29. The summed E-state index contributed by atoms with van der Waals surface area (Å²) in [5.41, 5.74) is 2.52. The Morgan fingerprint density at radius 2 is 1.87 bits per heavy atom. The predicted octanol–water partition coefficient (Wildman–Crippen LogP) is 4.09. The average molecular weight is 419 g/mol. The number of carbonyl (C=O) groups is 2. The third-order valence-corrected chi connectivity index (χ3v) is 4.80. The van der Waals surface area contributed by atoms with Crippen molar-refractivity contribution in [3.63, 3.8) is 0 Å². The highest BCUT2D eigenvalue weighted by Crippen LogP contribution is 2.30. The first-order valence-electron chi connectivity index (χ1n) is 9.95. The van der Waals surface area contributed by atoms with E-state index in [2.05, 4.69) is 20.6 Å². The summed E-state index contributed by atoms with van der Waals surface area (Å²) in [6.07, 6.45) is 6.46. The molecule has 4 rings (SSSR count). The molecule has 0 spiro atoms. The molecular weight excluding hydrogens is 398 g/mol. The van der Waals surface area contributed by atoms with Crippen LogP contribution in [0.25, 0.3) is 11.1 Å². The number of aromatic nitrogens is 2. The van der Waals surface area contributed by atoms with Crippen molar-refractivity contribution in [2.45, 2.75) is 12.8 Å². The molecule has 2 N–H and O–H groups in total. The molecule has 2 amide bonds. The third kappa shape index (κ3) is 5.22. The Labute approximate surface area is 178 Å². The van der Waals surface area contributed by atoms with E-state index in [0.29, 0.717) is 22.8 Å². The minimum absolute atomic E-state index is 0.00490. The van der Waals surface area contributed by atoms with Crippen LogP contribution in [0.2, 0.25) is 0 Å². The van der Waals surface area contributed by atoms with Gasteiger partial charge < -0.3 is 15.4 Å². The number of amides is 2. The summed E-state index contributed by atoms with van der Waals surface area (Å²) in [7, 11) is 0. The van der Waals surface area contributed by atoms with Gasteiger partial charge in [-0.25, -0.2) is 9.37 Å². The fraction of sp³-hybridized carbons (Fsp3) is 0.217. The lowest BCUT2D eigenvalue weighted by atomic mass is 10.0. The van der Waals surface area contributed by atoms with E-state index in [1.807, 2.05) is 12.1 Å². The normalized spacial score (nSPS) is 12.8. The van der Waals surface area contributed by atoms with Crippen LogP contribution in [0.1, 0.15) is 23.2 Å². The average Bonchev–Trinajstić information content (AvgIpc) is 3.64. The zero-order valence-electron chi connectivity index (χ0n) is 16.7. The molecule has 0 aliphatic heterocycles. The maximum Gasteiger partial charge on any atom is 0.255 e. The largest absolute Gasteiger partial charge is 0.491 e. The number of ether oxygens (including phenoxy) is 1. The molecule has 31 heavy (non-hydrogen) atoms. The Kier molecular flexibility index (Phi) is 6.16. The van der Waals surface area contributed by atoms with Gasteiger partial charge in [0.1, 0.15) is 24.8 Å². The zero-order chi connectivity index (χ0) is 21.6. The molecule has 8 heteroatoms. The first-order valence-corrected chi connectivity index (χ1v) is 9.95. The van der Waals surface area contributed by atoms with Crippen LogP contribution in [0.3, 0.4) is 0 Å². The molecule has 1 fully saturated rings. The van der Waals surface area contributed by atoms with Crippen LogP contribution in [0, 0.1) is 5.92 Å². The van der Waals surface area contributed by atoms with Gasteiger partial charge in [-0.05, 0) is 48.7 Å². The highest BCUT2D eigenvalue weighted by atomic mass is 18.2. The first kappa shape index (κ1) is 20.5. The van der Waals surface area contributed by atoms with Crippen LogP contribution in [-0.4, -0.2) is 35.1 Å². The Bertz CT molecular complexity index is 1080. The van der Waals surface area contributed by atoms with Crippen LogP contribution < -0.4 is 15.4 Å². The van der Waals surface area contributed by atoms with Crippen molar-refractivity contribution in [2.24, 2.45) is 5.92 Å². The van der Waals surface area contributed by atoms with Gasteiger partial charge >= 0.3 is 0 Å². The monoisotopic (exact) mass is 419 g/mol. The molecule has 2 aromatic heterocycles. The van der Waals surface area contributed by atoms with E-state index < -0.39 is 6.67 Å². The summed E-state index contributed by atoms with van der Waals surface area (Å²) < 4.78 is 17.5. The van der Waals surface area contributed by atoms with Crippen molar-refractivity contribution in [3.8, 4) is 16.9 Å². The number of nitrogens with zero attached hydrogens (tertiary/aromatic N) is 2. The molecule has 7 nitrogen and oxygen atoms in total. The summed E-state index contributed by atoms with van der Waals surface area (Å²) in [5, 5.41) is 5.61. The van der Waals surface area contributed by atoms with Gasteiger partial charge in [0.2, 0.25) is 5.91 Å². The number of carbonyl (C=O) groups excluding carboxylic acids is 2. The molecule has 3 aromatic rings. The molecule has 0 unspecified atom stereocenters. The SMILES string of the molecule is O=C(Nc1cnccc1-c1ccc(OCC[18F])cc1)c1ccnc(NC(=O)C2CC2)c1. The molecule has 2 heterocycles. The van der Waals surface area contributed by atoms with Crippen LogP contribution in [-0.2, 0) is 4.79 Å². The van der Waals surface area contributed by atoms with Gasteiger partial charge in [-0.3, -0.25) is 14.6 Å². The van der Waals surface area contributed by atoms with Crippen molar-refractivity contribution in [1.82, 2.24) is 9.97 Å². The third-order valence-electron chi connectivity index (χ3n) is 4.80. The molecule has 0 atom stereocenters. The van der Waals surface area contributed by atoms with Crippen LogP contribution in [0.5, 0.6) is 5.75 Å². The quantitative estimate of drug-likeness (QED) is 0.574. The van der Waals surface area contributed by atoms with Gasteiger partial charge in [0.25, 0.3) is 5.91 Å². The van der Waals surface area contributed by atoms with Gasteiger partial charge in [-0.1, -0.05) is 12.1 Å². The van der Waals surface area contributed by atoms with Gasteiger partial charge in [0.05, 0.1) is 11.9 Å². The second-order valence-electron chi connectivity index (χ2n) is 7.13. The second-order valence-corrected chi connectivity index (χ2v) is 7.13. The number of hydrogen-bond donors (Lipinski definition) is 2. The lowest BCUT2D eigenvalue weighted by Gasteiger charge is -2.12. The lowest BCUT2D eigenvalue weighted by Crippen LogP contribution is -2.16. The van der Waals surface area contributed by atoms with Crippen LogP contribution in [0.4, 0.5) is 15.9 Å². The number of hydrogen-bond acceptors (Lipinski definition) is 5. The smallest absolute Gasteiger partial charge is 0.255 e. The molecule has 158 valence electrons. The maximum absolute atomic E-state index is 12.8. The predicted molar refractivity (Wildman–Crippen MR) is 115 cm³/mol. The van der Waals surface area contributed by atoms with Crippen LogP contribution >= 0.6 is 0 Å². The summed E-state index contributed by atoms with van der Waals surface area (Å²) >= 11 is 0. The molecule has 0 bridgehead atoms. The Morgan fingerprint density at radius 3 is 2.61 bits per heavy atom. The van der Waals surface area contributed by atoms with Crippen LogP contribution in [0.15, 0.2) is 61.1 Å². The molecule has 0 radical (unpaired) electrons. The lowest BCUT2D eigenvalue weighted by molar-refractivity contribution is -0.117. The van der Waals surface area contributed by atoms with Gasteiger partial charge in [-0.2, -0.15) is 0 Å².